The van der Waals surface area contributed by atoms with Gasteiger partial charge >= 0.3 is 0 Å². The van der Waals surface area contributed by atoms with Gasteiger partial charge in [0.05, 0.1) is 18.8 Å². The molecule has 0 aliphatic heterocycles. The molecule has 0 aromatic heterocycles. The molecular weight excluding hydrogens is 224 g/mol. The average Bonchev–Trinajstić information content (AvgIpc) is 2.28. The Bertz CT molecular complexity index is 332. The van der Waals surface area contributed by atoms with Crippen molar-refractivity contribution in [3.63, 3.8) is 0 Å². The first-order chi connectivity index (χ1) is 7.74. The SMILES string of the molecule is OC1CCC(OCc2cccc(Cl)c2)CC1. The minimum Gasteiger partial charge on any atom is -0.393 e. The van der Waals surface area contributed by atoms with Crippen LogP contribution in [0, 0.1) is 0 Å². The maximum Gasteiger partial charge on any atom is 0.0721 e. The molecule has 16 heavy (non-hydrogen) atoms. The van der Waals surface area contributed by atoms with Crippen LogP contribution in [0.5, 0.6) is 0 Å². The van der Waals surface area contributed by atoms with Crippen LogP contribution >= 0.6 is 11.6 Å². The van der Waals surface area contributed by atoms with Crippen LogP contribution in [0.4, 0.5) is 0 Å². The van der Waals surface area contributed by atoms with Gasteiger partial charge in [0.2, 0.25) is 0 Å². The van der Waals surface area contributed by atoms with Crippen LogP contribution in [0.3, 0.4) is 0 Å². The van der Waals surface area contributed by atoms with E-state index in [1.165, 1.54) is 0 Å². The van der Waals surface area contributed by atoms with E-state index in [1.807, 2.05) is 24.3 Å². The number of halogens is 1. The zero-order chi connectivity index (χ0) is 11.4. The van der Waals surface area contributed by atoms with E-state index < -0.39 is 0 Å². The van der Waals surface area contributed by atoms with Gasteiger partial charge in [-0.3, -0.25) is 0 Å². The van der Waals surface area contributed by atoms with Crippen LogP contribution in [0.25, 0.3) is 0 Å². The molecule has 0 radical (unpaired) electrons. The number of rotatable bonds is 3. The molecule has 88 valence electrons. The number of hydrogen-bond acceptors (Lipinski definition) is 2. The summed E-state index contributed by atoms with van der Waals surface area (Å²) < 4.78 is 5.80. The summed E-state index contributed by atoms with van der Waals surface area (Å²) in [6, 6.07) is 7.75. The molecule has 0 atom stereocenters. The molecule has 3 heteroatoms. The molecule has 1 aliphatic rings. The molecule has 0 amide bonds. The Morgan fingerprint density at radius 3 is 2.69 bits per heavy atom. The van der Waals surface area contributed by atoms with Gasteiger partial charge in [-0.25, -0.2) is 0 Å². The van der Waals surface area contributed by atoms with Crippen molar-refractivity contribution in [1.82, 2.24) is 0 Å². The van der Waals surface area contributed by atoms with Crippen LogP contribution in [0.15, 0.2) is 24.3 Å². The zero-order valence-corrected chi connectivity index (χ0v) is 9.99. The third-order valence-corrected chi connectivity index (χ3v) is 3.25. The van der Waals surface area contributed by atoms with E-state index in [4.69, 9.17) is 16.3 Å². The number of aliphatic hydroxyl groups excluding tert-OH is 1. The smallest absolute Gasteiger partial charge is 0.0721 e. The Hall–Kier alpha value is -0.570. The highest BCUT2D eigenvalue weighted by molar-refractivity contribution is 6.30. The molecular formula is C13H17ClO2. The van der Waals surface area contributed by atoms with E-state index in [2.05, 4.69) is 0 Å². The first-order valence-electron chi connectivity index (χ1n) is 5.78. The molecule has 0 heterocycles. The Morgan fingerprint density at radius 1 is 1.25 bits per heavy atom. The van der Waals surface area contributed by atoms with Crippen LogP contribution in [0.2, 0.25) is 5.02 Å². The molecule has 1 aliphatic carbocycles. The maximum atomic E-state index is 9.38. The fraction of sp³-hybridized carbons (Fsp3) is 0.538. The third kappa shape index (κ3) is 3.48. The molecule has 1 aromatic rings. The standard InChI is InChI=1S/C13H17ClO2/c14-11-3-1-2-10(8-11)9-16-13-6-4-12(15)5-7-13/h1-3,8,12-13,15H,4-7,9H2. The van der Waals surface area contributed by atoms with Gasteiger partial charge in [0.15, 0.2) is 0 Å². The number of ether oxygens (including phenoxy) is 1. The molecule has 0 saturated heterocycles. The van der Waals surface area contributed by atoms with Crippen molar-refractivity contribution in [3.8, 4) is 0 Å². The van der Waals surface area contributed by atoms with Crippen molar-refractivity contribution < 1.29 is 9.84 Å². The highest BCUT2D eigenvalue weighted by Crippen LogP contribution is 2.22. The molecule has 2 nitrogen and oxygen atoms in total. The topological polar surface area (TPSA) is 29.5 Å². The quantitative estimate of drug-likeness (QED) is 0.880. The van der Waals surface area contributed by atoms with Gasteiger partial charge in [-0.1, -0.05) is 23.7 Å². The highest BCUT2D eigenvalue weighted by Gasteiger charge is 2.19. The summed E-state index contributed by atoms with van der Waals surface area (Å²) in [6.07, 6.45) is 3.82. The second kappa shape index (κ2) is 5.67. The largest absolute Gasteiger partial charge is 0.393 e. The van der Waals surface area contributed by atoms with E-state index in [-0.39, 0.29) is 6.10 Å². The van der Waals surface area contributed by atoms with Gasteiger partial charge in [-0.15, -0.1) is 0 Å². The lowest BCUT2D eigenvalue weighted by Crippen LogP contribution is -2.24. The summed E-state index contributed by atoms with van der Waals surface area (Å²) in [7, 11) is 0. The van der Waals surface area contributed by atoms with Crippen LogP contribution < -0.4 is 0 Å². The van der Waals surface area contributed by atoms with Crippen LogP contribution in [-0.2, 0) is 11.3 Å². The van der Waals surface area contributed by atoms with Gasteiger partial charge < -0.3 is 9.84 Å². The van der Waals surface area contributed by atoms with E-state index in [0.29, 0.717) is 12.7 Å². The second-order valence-electron chi connectivity index (χ2n) is 4.37. The van der Waals surface area contributed by atoms with Crippen molar-refractivity contribution in [3.05, 3.63) is 34.9 Å². The minimum atomic E-state index is -0.119. The predicted molar refractivity (Wildman–Crippen MR) is 64.5 cm³/mol. The Morgan fingerprint density at radius 2 is 2.00 bits per heavy atom. The fourth-order valence-electron chi connectivity index (χ4n) is 2.05. The van der Waals surface area contributed by atoms with Crippen molar-refractivity contribution in [1.29, 1.82) is 0 Å². The molecule has 1 N–H and O–H groups in total. The molecule has 0 unspecified atom stereocenters. The monoisotopic (exact) mass is 240 g/mol. The fourth-order valence-corrected chi connectivity index (χ4v) is 2.27. The van der Waals surface area contributed by atoms with Crippen molar-refractivity contribution in [2.45, 2.75) is 44.5 Å². The van der Waals surface area contributed by atoms with Gasteiger partial charge in [0, 0.05) is 5.02 Å². The first kappa shape index (κ1) is 11.9. The second-order valence-corrected chi connectivity index (χ2v) is 4.81. The lowest BCUT2D eigenvalue weighted by molar-refractivity contribution is -0.0118. The van der Waals surface area contributed by atoms with Crippen LogP contribution in [-0.4, -0.2) is 17.3 Å². The summed E-state index contributed by atoms with van der Waals surface area (Å²) in [6.45, 7) is 0.612. The number of aliphatic hydroxyl groups is 1. The van der Waals surface area contributed by atoms with Crippen molar-refractivity contribution in [2.24, 2.45) is 0 Å². The van der Waals surface area contributed by atoms with E-state index >= 15 is 0 Å². The van der Waals surface area contributed by atoms with E-state index in [9.17, 15) is 5.11 Å². The summed E-state index contributed by atoms with van der Waals surface area (Å²) in [4.78, 5) is 0. The van der Waals surface area contributed by atoms with Gasteiger partial charge in [0.1, 0.15) is 0 Å². The molecule has 1 saturated carbocycles. The lowest BCUT2D eigenvalue weighted by Gasteiger charge is -2.25. The highest BCUT2D eigenvalue weighted by atomic mass is 35.5. The molecule has 1 aromatic carbocycles. The zero-order valence-electron chi connectivity index (χ0n) is 9.23. The summed E-state index contributed by atoms with van der Waals surface area (Å²) in [5.74, 6) is 0. The third-order valence-electron chi connectivity index (χ3n) is 3.02. The minimum absolute atomic E-state index is 0.119. The summed E-state index contributed by atoms with van der Waals surface area (Å²) in [5.41, 5.74) is 1.11. The van der Waals surface area contributed by atoms with Gasteiger partial charge in [-0.2, -0.15) is 0 Å². The molecule has 2 rings (SSSR count). The Labute approximate surface area is 101 Å². The van der Waals surface area contributed by atoms with Crippen LogP contribution in [0.1, 0.15) is 31.2 Å². The molecule has 0 bridgehead atoms. The maximum absolute atomic E-state index is 9.38. The normalized spacial score (nSPS) is 25.6. The predicted octanol–water partition coefficient (Wildman–Crippen LogP) is 3.16. The summed E-state index contributed by atoms with van der Waals surface area (Å²) >= 11 is 5.90. The molecule has 0 spiro atoms. The lowest BCUT2D eigenvalue weighted by atomic mass is 9.95. The van der Waals surface area contributed by atoms with E-state index in [1.54, 1.807) is 0 Å². The van der Waals surface area contributed by atoms with E-state index in [0.717, 1.165) is 36.3 Å². The Kier molecular flexibility index (Phi) is 4.22. The van der Waals surface area contributed by atoms with Gasteiger partial charge in [0.25, 0.3) is 0 Å². The average molecular weight is 241 g/mol. The molecule has 1 fully saturated rings. The van der Waals surface area contributed by atoms with Gasteiger partial charge in [-0.05, 0) is 43.4 Å². The number of benzene rings is 1. The number of hydrogen-bond donors (Lipinski definition) is 1. The van der Waals surface area contributed by atoms with Crippen molar-refractivity contribution >= 4 is 11.6 Å². The Balaban J connectivity index is 1.79. The summed E-state index contributed by atoms with van der Waals surface area (Å²) in [5, 5.41) is 10.1. The first-order valence-corrected chi connectivity index (χ1v) is 6.16. The van der Waals surface area contributed by atoms with Crippen molar-refractivity contribution in [2.75, 3.05) is 0 Å².